The van der Waals surface area contributed by atoms with Gasteiger partial charge in [0.05, 0.1) is 0 Å². The Morgan fingerprint density at radius 2 is 0.382 bits per heavy atom. The third-order valence-corrected chi connectivity index (χ3v) is 28.8. The first kappa shape index (κ1) is 83.6. The quantitative estimate of drug-likeness (QED) is 0.0947. The molecule has 0 aliphatic heterocycles. The molecule has 3 aliphatic rings. The monoisotopic (exact) mass is 1740 g/mol. The largest absolute Gasteiger partial charge is 0.310 e. The average Bonchev–Trinajstić information content (AvgIpc) is 1.60. The van der Waals surface area contributed by atoms with Crippen LogP contribution in [0.2, 0.25) is 0 Å². The van der Waals surface area contributed by atoms with E-state index in [1.54, 1.807) is 0 Å². The molecule has 3 heteroatoms. The number of hydrogen-bond acceptors (Lipinski definition) is 3. The lowest BCUT2D eigenvalue weighted by Crippen LogP contribution is -2.16. The Morgan fingerprint density at radius 3 is 0.794 bits per heavy atom. The van der Waals surface area contributed by atoms with Gasteiger partial charge in [-0.15, -0.1) is 0 Å². The summed E-state index contributed by atoms with van der Waals surface area (Å²) in [5.41, 5.74) is 41.1. The summed E-state index contributed by atoms with van der Waals surface area (Å²) in [5.74, 6) is 0. The van der Waals surface area contributed by atoms with Crippen molar-refractivity contribution in [1.82, 2.24) is 0 Å². The predicted octanol–water partition coefficient (Wildman–Crippen LogP) is 37.0. The van der Waals surface area contributed by atoms with Gasteiger partial charge in [-0.2, -0.15) is 0 Å². The molecule has 22 aromatic rings. The van der Waals surface area contributed by atoms with E-state index in [9.17, 15) is 0 Å². The average molecular weight is 1740 g/mol. The summed E-state index contributed by atoms with van der Waals surface area (Å²) in [6.45, 7) is 14.2. The number of benzene rings is 22. The van der Waals surface area contributed by atoms with Crippen molar-refractivity contribution in [3.05, 3.63) is 537 Å². The fraction of sp³-hybridized carbons (Fsp3) is 0.0677. The van der Waals surface area contributed by atoms with E-state index in [0.717, 1.165) is 51.2 Å². The number of para-hydroxylation sites is 3. The van der Waals surface area contributed by atoms with Gasteiger partial charge in [0.15, 0.2) is 0 Å². The van der Waals surface area contributed by atoms with E-state index in [0.29, 0.717) is 0 Å². The van der Waals surface area contributed by atoms with Crippen molar-refractivity contribution >= 4 is 94.3 Å². The Balaban J connectivity index is 0.000000115. The summed E-state index contributed by atoms with van der Waals surface area (Å²) in [5, 5.41) is 10.3. The maximum atomic E-state index is 2.45. The lowest BCUT2D eigenvalue weighted by atomic mass is 9.81. The fourth-order valence-corrected chi connectivity index (χ4v) is 21.6. The molecule has 0 saturated heterocycles. The molecule has 0 bridgehead atoms. The Hall–Kier alpha value is -16.7. The molecule has 22 aromatic carbocycles. The zero-order valence-corrected chi connectivity index (χ0v) is 77.3. The zero-order valence-electron chi connectivity index (χ0n) is 77.3. The van der Waals surface area contributed by atoms with E-state index in [2.05, 4.69) is 560 Å². The molecule has 136 heavy (non-hydrogen) atoms. The lowest BCUT2D eigenvalue weighted by Gasteiger charge is -2.28. The number of nitrogens with zero attached hydrogens (tertiary/aromatic N) is 3. The third kappa shape index (κ3) is 15.3. The van der Waals surface area contributed by atoms with Crippen LogP contribution in [0.3, 0.4) is 0 Å². The molecular weight excluding hydrogens is 1640 g/mol. The van der Waals surface area contributed by atoms with Gasteiger partial charge < -0.3 is 14.7 Å². The molecule has 0 atom stereocenters. The highest BCUT2D eigenvalue weighted by Gasteiger charge is 2.40. The SMILES string of the molecule is CC1(C)c2cc(-c3cc4ccccc4c4ccccc34)ccc2-c2ccc(N(c3ccccc3)c3ccc(-c4ccccc4)cc3)cc21.CC1(C)c2cc(-c3ccc4ccccc4c3)ccc2-c2ccc(N(c3ccccc3)c3ccc(-c4ccccc4)cc3)cc21.CC1(C)c2cc(-c3cccc4ccccc34)ccc2-c2ccc(N(c3ccccc3)c3ccc(-c4ccccc4)cc3)cc21. The van der Waals surface area contributed by atoms with Gasteiger partial charge in [0.25, 0.3) is 0 Å². The molecule has 648 valence electrons. The van der Waals surface area contributed by atoms with Gasteiger partial charge in [0.2, 0.25) is 0 Å². The zero-order chi connectivity index (χ0) is 91.6. The minimum absolute atomic E-state index is 0.132. The minimum atomic E-state index is -0.164. The Morgan fingerprint density at radius 1 is 0.125 bits per heavy atom. The molecule has 0 spiro atoms. The summed E-state index contributed by atoms with van der Waals surface area (Å²) in [6, 6.07) is 183. The van der Waals surface area contributed by atoms with E-state index in [1.807, 2.05) is 0 Å². The van der Waals surface area contributed by atoms with E-state index >= 15 is 0 Å². The van der Waals surface area contributed by atoms with Gasteiger partial charge in [0, 0.05) is 67.4 Å². The van der Waals surface area contributed by atoms with Gasteiger partial charge in [0.1, 0.15) is 0 Å². The van der Waals surface area contributed by atoms with Crippen molar-refractivity contribution in [3.63, 3.8) is 0 Å². The molecule has 3 aliphatic carbocycles. The molecule has 0 heterocycles. The minimum Gasteiger partial charge on any atom is -0.310 e. The molecule has 3 nitrogen and oxygen atoms in total. The van der Waals surface area contributed by atoms with Crippen LogP contribution in [0.4, 0.5) is 51.2 Å². The molecule has 25 rings (SSSR count). The van der Waals surface area contributed by atoms with Crippen molar-refractivity contribution in [2.45, 2.75) is 57.8 Å². The maximum absolute atomic E-state index is 2.45. The lowest BCUT2D eigenvalue weighted by molar-refractivity contribution is 0.660. The van der Waals surface area contributed by atoms with E-state index in [1.165, 1.54) is 177 Å². The first-order valence-electron chi connectivity index (χ1n) is 47.5. The van der Waals surface area contributed by atoms with Crippen molar-refractivity contribution in [2.24, 2.45) is 0 Å². The predicted molar refractivity (Wildman–Crippen MR) is 579 cm³/mol. The van der Waals surface area contributed by atoms with Gasteiger partial charge in [-0.3, -0.25) is 0 Å². The van der Waals surface area contributed by atoms with Gasteiger partial charge in [-0.05, 0) is 316 Å². The second-order valence-electron chi connectivity index (χ2n) is 37.9. The summed E-state index contributed by atoms with van der Waals surface area (Å²) in [4.78, 5) is 7.12. The smallest absolute Gasteiger partial charge is 0.0465 e. The van der Waals surface area contributed by atoms with Gasteiger partial charge in [-0.1, -0.05) is 406 Å². The molecule has 0 fully saturated rings. The van der Waals surface area contributed by atoms with Gasteiger partial charge in [-0.25, -0.2) is 0 Å². The standard InChI is InChI=1S/C47H35N.2C43H33N/c1-47(2)45-30-35(44-29-34-15-9-10-18-39(34)40-19-11-12-20-41(40)44)23-27-42(45)43-28-26-38(31-46(43)47)48(36-16-7-4-8-17-36)37-24-21-33(22-25-37)32-13-5-3-6-14-32;1-43(2)41-28-33(38-19-11-15-32-14-9-10-18-37(32)38)22-26-39(41)40-27-25-36(29-42(40)43)44(34-16-7-4-8-17-34)35-23-20-31(21-24-35)30-12-5-3-6-13-30;1-43(2)41-28-35(34-18-17-31-13-9-10-14-33(31)27-34)21-25-39(41)40-26-24-38(29-42(40)43)44(36-15-7-4-8-16-36)37-22-19-32(20-23-37)30-11-5-3-6-12-30/h3-31H,1-2H3;2*3-29H,1-2H3. The van der Waals surface area contributed by atoms with Crippen LogP contribution >= 0.6 is 0 Å². The molecule has 0 unspecified atom stereocenters. The molecule has 0 N–H and O–H groups in total. The van der Waals surface area contributed by atoms with Crippen LogP contribution in [0.25, 0.3) is 143 Å². The molecule has 0 saturated carbocycles. The Bertz CT molecular complexity index is 8240. The van der Waals surface area contributed by atoms with Crippen molar-refractivity contribution < 1.29 is 0 Å². The highest BCUT2D eigenvalue weighted by Crippen LogP contribution is 2.57. The van der Waals surface area contributed by atoms with Gasteiger partial charge >= 0.3 is 0 Å². The van der Waals surface area contributed by atoms with Crippen LogP contribution in [-0.2, 0) is 16.2 Å². The summed E-state index contributed by atoms with van der Waals surface area (Å²) in [6.07, 6.45) is 0. The topological polar surface area (TPSA) is 9.72 Å². The summed E-state index contributed by atoms with van der Waals surface area (Å²) < 4.78 is 0. The van der Waals surface area contributed by atoms with Crippen LogP contribution in [0.1, 0.15) is 74.9 Å². The second kappa shape index (κ2) is 34.8. The van der Waals surface area contributed by atoms with Crippen molar-refractivity contribution in [1.29, 1.82) is 0 Å². The Labute approximate surface area is 798 Å². The maximum Gasteiger partial charge on any atom is 0.0465 e. The number of rotatable bonds is 15. The Kier molecular flexibility index (Phi) is 21.4. The van der Waals surface area contributed by atoms with Crippen LogP contribution in [-0.4, -0.2) is 0 Å². The van der Waals surface area contributed by atoms with E-state index in [-0.39, 0.29) is 16.2 Å². The van der Waals surface area contributed by atoms with E-state index in [4.69, 9.17) is 0 Å². The first-order chi connectivity index (χ1) is 66.7. The molecular formula is C133H101N3. The number of fused-ring (bicyclic) bond motifs is 14. The summed E-state index contributed by atoms with van der Waals surface area (Å²) >= 11 is 0. The second-order valence-corrected chi connectivity index (χ2v) is 37.9. The summed E-state index contributed by atoms with van der Waals surface area (Å²) in [7, 11) is 0. The first-order valence-corrected chi connectivity index (χ1v) is 47.5. The number of hydrogen-bond donors (Lipinski definition) is 0. The van der Waals surface area contributed by atoms with Crippen molar-refractivity contribution in [3.8, 4) is 100 Å². The van der Waals surface area contributed by atoms with Crippen LogP contribution < -0.4 is 14.7 Å². The highest BCUT2D eigenvalue weighted by molar-refractivity contribution is 6.14. The molecule has 0 radical (unpaired) electrons. The molecule has 0 aromatic heterocycles. The van der Waals surface area contributed by atoms with Crippen LogP contribution in [0, 0.1) is 0 Å². The van der Waals surface area contributed by atoms with E-state index < -0.39 is 0 Å². The van der Waals surface area contributed by atoms with Crippen LogP contribution in [0.15, 0.2) is 504 Å². The normalized spacial score (nSPS) is 13.0. The molecule has 0 amide bonds. The highest BCUT2D eigenvalue weighted by atomic mass is 15.2. The number of anilines is 9. The van der Waals surface area contributed by atoms with Crippen LogP contribution in [0.5, 0.6) is 0 Å². The fourth-order valence-electron chi connectivity index (χ4n) is 21.6. The van der Waals surface area contributed by atoms with Crippen molar-refractivity contribution in [2.75, 3.05) is 14.7 Å². The third-order valence-electron chi connectivity index (χ3n) is 28.8.